The molecular weight excluding hydrogens is 192 g/mol. The van der Waals surface area contributed by atoms with Crippen molar-refractivity contribution in [3.8, 4) is 0 Å². The lowest BCUT2D eigenvalue weighted by atomic mass is 9.68. The Bertz CT molecular complexity index is 268. The maximum Gasteiger partial charge on any atom is 0.199 e. The Morgan fingerprint density at radius 1 is 1.13 bits per heavy atom. The molecule has 1 saturated carbocycles. The van der Waals surface area contributed by atoms with Crippen molar-refractivity contribution < 1.29 is 14.5 Å². The zero-order valence-electron chi connectivity index (χ0n) is 9.62. The predicted octanol–water partition coefficient (Wildman–Crippen LogP) is 2.79. The van der Waals surface area contributed by atoms with Gasteiger partial charge in [-0.2, -0.15) is 0 Å². The van der Waals surface area contributed by atoms with Crippen LogP contribution in [0.3, 0.4) is 0 Å². The molecule has 4 atom stereocenters. The van der Waals surface area contributed by atoms with Gasteiger partial charge in [0.25, 0.3) is 0 Å². The first-order chi connectivity index (χ1) is 7.15. The second-order valence-electron chi connectivity index (χ2n) is 5.49. The SMILES string of the molecule is C[C@@H]1OOC2(C)CC[C@H]3CCCC[C@@]31O2. The standard InChI is InChI=1S/C12H20O3/c1-9-12-7-4-3-5-10(12)6-8-11(2,14-12)15-13-9/h9-10H,3-8H2,1-2H3/t9-,10+,11?,12-/m0/s1. The number of ether oxygens (including phenoxy) is 1. The van der Waals surface area contributed by atoms with E-state index in [0.29, 0.717) is 5.92 Å². The van der Waals surface area contributed by atoms with Gasteiger partial charge < -0.3 is 4.74 Å². The first-order valence-corrected chi connectivity index (χ1v) is 6.19. The van der Waals surface area contributed by atoms with Crippen LogP contribution in [0.15, 0.2) is 0 Å². The zero-order chi connectivity index (χ0) is 10.5. The monoisotopic (exact) mass is 212 g/mol. The van der Waals surface area contributed by atoms with Crippen LogP contribution in [0, 0.1) is 5.92 Å². The summed E-state index contributed by atoms with van der Waals surface area (Å²) in [7, 11) is 0. The highest BCUT2D eigenvalue weighted by Crippen LogP contribution is 2.52. The van der Waals surface area contributed by atoms with Gasteiger partial charge in [0, 0.05) is 6.42 Å². The summed E-state index contributed by atoms with van der Waals surface area (Å²) in [6, 6.07) is 0. The third-order valence-corrected chi connectivity index (χ3v) is 4.47. The van der Waals surface area contributed by atoms with Crippen molar-refractivity contribution >= 4 is 0 Å². The van der Waals surface area contributed by atoms with E-state index in [0.717, 1.165) is 12.8 Å². The third kappa shape index (κ3) is 1.37. The number of rotatable bonds is 0. The molecule has 2 heterocycles. The predicted molar refractivity (Wildman–Crippen MR) is 55.0 cm³/mol. The highest BCUT2D eigenvalue weighted by atomic mass is 17.2. The van der Waals surface area contributed by atoms with Crippen LogP contribution in [-0.2, 0) is 14.5 Å². The molecule has 0 aromatic carbocycles. The second kappa shape index (κ2) is 3.19. The molecule has 15 heavy (non-hydrogen) atoms. The summed E-state index contributed by atoms with van der Waals surface area (Å²) in [5, 5.41) is 0. The Hall–Kier alpha value is -0.120. The van der Waals surface area contributed by atoms with Gasteiger partial charge in [0.15, 0.2) is 5.79 Å². The summed E-state index contributed by atoms with van der Waals surface area (Å²) in [5.74, 6) is 0.193. The molecule has 2 saturated heterocycles. The fourth-order valence-corrected chi connectivity index (χ4v) is 3.59. The summed E-state index contributed by atoms with van der Waals surface area (Å²) in [6.07, 6.45) is 7.31. The van der Waals surface area contributed by atoms with Crippen LogP contribution in [0.1, 0.15) is 52.4 Å². The Morgan fingerprint density at radius 3 is 2.87 bits per heavy atom. The van der Waals surface area contributed by atoms with Crippen molar-refractivity contribution in [1.29, 1.82) is 0 Å². The van der Waals surface area contributed by atoms with Crippen LogP contribution in [0.4, 0.5) is 0 Å². The third-order valence-electron chi connectivity index (χ3n) is 4.47. The lowest BCUT2D eigenvalue weighted by molar-refractivity contribution is -0.535. The first-order valence-electron chi connectivity index (χ1n) is 6.19. The number of fused-ring (bicyclic) bond motifs is 1. The molecule has 2 bridgehead atoms. The van der Waals surface area contributed by atoms with E-state index < -0.39 is 5.79 Å². The summed E-state index contributed by atoms with van der Waals surface area (Å²) in [5.41, 5.74) is -0.0521. The molecular formula is C12H20O3. The molecule has 0 aromatic rings. The van der Waals surface area contributed by atoms with Crippen molar-refractivity contribution in [2.45, 2.75) is 69.9 Å². The summed E-state index contributed by atoms with van der Waals surface area (Å²) in [6.45, 7) is 4.09. The van der Waals surface area contributed by atoms with Crippen LogP contribution in [-0.4, -0.2) is 17.5 Å². The van der Waals surface area contributed by atoms with E-state index in [9.17, 15) is 0 Å². The zero-order valence-corrected chi connectivity index (χ0v) is 9.62. The molecule has 3 nitrogen and oxygen atoms in total. The van der Waals surface area contributed by atoms with Crippen LogP contribution < -0.4 is 0 Å². The highest BCUT2D eigenvalue weighted by molar-refractivity contribution is 5.01. The molecule has 1 aliphatic carbocycles. The van der Waals surface area contributed by atoms with Gasteiger partial charge in [0.1, 0.15) is 11.7 Å². The van der Waals surface area contributed by atoms with Crippen LogP contribution in [0.25, 0.3) is 0 Å². The van der Waals surface area contributed by atoms with Crippen LogP contribution in [0.5, 0.6) is 0 Å². The van der Waals surface area contributed by atoms with E-state index in [1.165, 1.54) is 25.7 Å². The van der Waals surface area contributed by atoms with E-state index in [4.69, 9.17) is 14.5 Å². The minimum absolute atomic E-state index is 0.0521. The molecule has 1 spiro atoms. The maximum atomic E-state index is 6.27. The van der Waals surface area contributed by atoms with Crippen molar-refractivity contribution in [2.75, 3.05) is 0 Å². The first kappa shape index (κ1) is 10.1. The lowest BCUT2D eigenvalue weighted by Crippen LogP contribution is -2.64. The summed E-state index contributed by atoms with van der Waals surface area (Å²) >= 11 is 0. The van der Waals surface area contributed by atoms with E-state index in [1.807, 2.05) is 6.92 Å². The Balaban J connectivity index is 1.93. The maximum absolute atomic E-state index is 6.27. The molecule has 0 N–H and O–H groups in total. The number of hydrogen-bond acceptors (Lipinski definition) is 3. The average Bonchev–Trinajstić information content (AvgIpc) is 2.24. The van der Waals surface area contributed by atoms with E-state index >= 15 is 0 Å². The van der Waals surface area contributed by atoms with Gasteiger partial charge in [-0.25, -0.2) is 9.78 Å². The molecule has 0 radical (unpaired) electrons. The van der Waals surface area contributed by atoms with Gasteiger partial charge in [0.2, 0.25) is 0 Å². The van der Waals surface area contributed by atoms with Crippen LogP contribution >= 0.6 is 0 Å². The Morgan fingerprint density at radius 2 is 2.00 bits per heavy atom. The largest absolute Gasteiger partial charge is 0.338 e. The van der Waals surface area contributed by atoms with Crippen molar-refractivity contribution in [3.05, 3.63) is 0 Å². The quantitative estimate of drug-likeness (QED) is 0.578. The molecule has 1 unspecified atom stereocenters. The molecule has 3 rings (SSSR count). The van der Waals surface area contributed by atoms with Gasteiger partial charge in [-0.15, -0.1) is 0 Å². The molecule has 2 aliphatic heterocycles. The molecule has 0 amide bonds. The van der Waals surface area contributed by atoms with E-state index in [-0.39, 0.29) is 11.7 Å². The summed E-state index contributed by atoms with van der Waals surface area (Å²) in [4.78, 5) is 10.9. The van der Waals surface area contributed by atoms with Gasteiger partial charge in [-0.1, -0.05) is 12.8 Å². The minimum atomic E-state index is -0.486. The molecule has 0 aromatic heterocycles. The van der Waals surface area contributed by atoms with Crippen molar-refractivity contribution in [1.82, 2.24) is 0 Å². The molecule has 86 valence electrons. The second-order valence-corrected chi connectivity index (χ2v) is 5.49. The molecule has 3 fully saturated rings. The summed E-state index contributed by atoms with van der Waals surface area (Å²) < 4.78 is 6.27. The lowest BCUT2D eigenvalue weighted by Gasteiger charge is -2.57. The minimum Gasteiger partial charge on any atom is -0.338 e. The molecule has 3 heteroatoms. The Kier molecular flexibility index (Phi) is 2.14. The Labute approximate surface area is 91.0 Å². The number of hydrogen-bond donors (Lipinski definition) is 0. The van der Waals surface area contributed by atoms with Crippen LogP contribution in [0.2, 0.25) is 0 Å². The van der Waals surface area contributed by atoms with Gasteiger partial charge in [0.05, 0.1) is 0 Å². The smallest absolute Gasteiger partial charge is 0.199 e. The van der Waals surface area contributed by atoms with Crippen molar-refractivity contribution in [3.63, 3.8) is 0 Å². The highest BCUT2D eigenvalue weighted by Gasteiger charge is 2.58. The van der Waals surface area contributed by atoms with Gasteiger partial charge in [-0.05, 0) is 39.0 Å². The topological polar surface area (TPSA) is 27.7 Å². The van der Waals surface area contributed by atoms with E-state index in [1.54, 1.807) is 0 Å². The normalized spacial score (nSPS) is 54.8. The fraction of sp³-hybridized carbons (Fsp3) is 1.00. The van der Waals surface area contributed by atoms with Crippen molar-refractivity contribution in [2.24, 2.45) is 5.92 Å². The molecule has 3 aliphatic rings. The van der Waals surface area contributed by atoms with Gasteiger partial charge in [-0.3, -0.25) is 0 Å². The fourth-order valence-electron chi connectivity index (χ4n) is 3.59. The average molecular weight is 212 g/mol. The van der Waals surface area contributed by atoms with E-state index in [2.05, 4.69) is 6.92 Å². The van der Waals surface area contributed by atoms with Gasteiger partial charge >= 0.3 is 0 Å².